The summed E-state index contributed by atoms with van der Waals surface area (Å²) in [7, 11) is 1.60. The molecule has 1 amide bonds. The van der Waals surface area contributed by atoms with Crippen molar-refractivity contribution in [3.8, 4) is 11.3 Å². The molecule has 0 spiro atoms. The first kappa shape index (κ1) is 17.3. The van der Waals surface area contributed by atoms with Crippen molar-refractivity contribution in [1.82, 2.24) is 4.90 Å². The van der Waals surface area contributed by atoms with Gasteiger partial charge in [-0.25, -0.2) is 0 Å². The van der Waals surface area contributed by atoms with Gasteiger partial charge in [0.25, 0.3) is 5.91 Å². The fraction of sp³-hybridized carbons (Fsp3) is 0.211. The first-order valence-electron chi connectivity index (χ1n) is 7.84. The first-order valence-corrected chi connectivity index (χ1v) is 8.22. The van der Waals surface area contributed by atoms with Gasteiger partial charge in [-0.3, -0.25) is 4.79 Å². The van der Waals surface area contributed by atoms with E-state index in [0.29, 0.717) is 36.2 Å². The van der Waals surface area contributed by atoms with E-state index < -0.39 is 0 Å². The maximum atomic E-state index is 12.8. The summed E-state index contributed by atoms with van der Waals surface area (Å²) in [6.45, 7) is 1.19. The predicted octanol–water partition coefficient (Wildman–Crippen LogP) is 4.48. The van der Waals surface area contributed by atoms with Crippen LogP contribution in [0.1, 0.15) is 16.3 Å². The molecule has 2 aromatic heterocycles. The second-order valence-electron chi connectivity index (χ2n) is 5.44. The summed E-state index contributed by atoms with van der Waals surface area (Å²) in [6, 6.07) is 14.4. The minimum Gasteiger partial charge on any atom is -0.467 e. The van der Waals surface area contributed by atoms with E-state index in [1.807, 2.05) is 24.3 Å². The highest BCUT2D eigenvalue weighted by molar-refractivity contribution is 6.33. The zero-order valence-corrected chi connectivity index (χ0v) is 14.5. The average Bonchev–Trinajstić information content (AvgIpc) is 3.30. The number of hydrogen-bond donors (Lipinski definition) is 0. The van der Waals surface area contributed by atoms with Gasteiger partial charge in [-0.1, -0.05) is 23.7 Å². The zero-order valence-electron chi connectivity index (χ0n) is 13.8. The molecule has 130 valence electrons. The molecule has 25 heavy (non-hydrogen) atoms. The Labute approximate surface area is 150 Å². The van der Waals surface area contributed by atoms with E-state index in [0.717, 1.165) is 5.56 Å². The van der Waals surface area contributed by atoms with E-state index in [1.54, 1.807) is 42.5 Å². The van der Waals surface area contributed by atoms with Crippen molar-refractivity contribution in [3.05, 3.63) is 71.3 Å². The number of carbonyl (C=O) groups is 1. The number of methoxy groups -OCH3 is 1. The lowest BCUT2D eigenvalue weighted by Gasteiger charge is -2.20. The molecular formula is C19H18ClNO4. The molecule has 2 heterocycles. The minimum absolute atomic E-state index is 0.230. The topological polar surface area (TPSA) is 55.8 Å². The monoisotopic (exact) mass is 359 g/mol. The van der Waals surface area contributed by atoms with Crippen LogP contribution >= 0.6 is 11.6 Å². The fourth-order valence-electron chi connectivity index (χ4n) is 2.46. The summed E-state index contributed by atoms with van der Waals surface area (Å²) < 4.78 is 16.2. The molecule has 0 atom stereocenters. The smallest absolute Gasteiger partial charge is 0.290 e. The van der Waals surface area contributed by atoms with Crippen molar-refractivity contribution < 1.29 is 18.4 Å². The molecule has 0 aliphatic rings. The van der Waals surface area contributed by atoms with Crippen molar-refractivity contribution in [2.75, 3.05) is 20.3 Å². The number of ether oxygens (including phenoxy) is 1. The second kappa shape index (κ2) is 8.05. The normalized spacial score (nSPS) is 10.8. The minimum atomic E-state index is -0.230. The average molecular weight is 360 g/mol. The lowest BCUT2D eigenvalue weighted by molar-refractivity contribution is 0.0636. The van der Waals surface area contributed by atoms with E-state index in [-0.39, 0.29) is 11.7 Å². The van der Waals surface area contributed by atoms with Gasteiger partial charge in [0, 0.05) is 19.2 Å². The van der Waals surface area contributed by atoms with Crippen LogP contribution < -0.4 is 0 Å². The molecule has 3 aromatic rings. The lowest BCUT2D eigenvalue weighted by atomic mass is 10.2. The van der Waals surface area contributed by atoms with Gasteiger partial charge in [-0.15, -0.1) is 0 Å². The number of amides is 1. The van der Waals surface area contributed by atoms with Crippen molar-refractivity contribution >= 4 is 17.5 Å². The van der Waals surface area contributed by atoms with Gasteiger partial charge in [-0.2, -0.15) is 0 Å². The molecule has 0 bridgehead atoms. The van der Waals surface area contributed by atoms with E-state index in [9.17, 15) is 4.79 Å². The summed E-state index contributed by atoms with van der Waals surface area (Å²) in [5.41, 5.74) is 0.748. The van der Waals surface area contributed by atoms with Crippen LogP contribution in [0.15, 0.2) is 63.6 Å². The van der Waals surface area contributed by atoms with E-state index in [1.165, 1.54) is 0 Å². The molecule has 1 aromatic carbocycles. The molecule has 5 nitrogen and oxygen atoms in total. The Bertz CT molecular complexity index is 826. The maximum Gasteiger partial charge on any atom is 0.290 e. The van der Waals surface area contributed by atoms with Crippen LogP contribution in [0.4, 0.5) is 0 Å². The number of rotatable bonds is 7. The largest absolute Gasteiger partial charge is 0.467 e. The fourth-order valence-corrected chi connectivity index (χ4v) is 2.69. The van der Waals surface area contributed by atoms with Gasteiger partial charge in [0.1, 0.15) is 11.5 Å². The SMILES string of the molecule is COCCN(Cc1ccco1)C(=O)c1ccc(-c2ccccc2Cl)o1. The summed E-state index contributed by atoms with van der Waals surface area (Å²) in [5.74, 6) is 1.27. The molecule has 0 unspecified atom stereocenters. The number of benzene rings is 1. The highest BCUT2D eigenvalue weighted by Gasteiger charge is 2.21. The number of hydrogen-bond acceptors (Lipinski definition) is 4. The first-order chi connectivity index (χ1) is 12.2. The summed E-state index contributed by atoms with van der Waals surface area (Å²) in [4.78, 5) is 14.4. The van der Waals surface area contributed by atoms with Crippen molar-refractivity contribution in [2.45, 2.75) is 6.54 Å². The molecule has 0 saturated heterocycles. The van der Waals surface area contributed by atoms with Crippen LogP contribution in [0.3, 0.4) is 0 Å². The van der Waals surface area contributed by atoms with Gasteiger partial charge in [-0.05, 0) is 36.4 Å². The van der Waals surface area contributed by atoms with Crippen LogP contribution in [0.25, 0.3) is 11.3 Å². The number of halogens is 1. The Morgan fingerprint density at radius 3 is 2.72 bits per heavy atom. The third kappa shape index (κ3) is 4.13. The Morgan fingerprint density at radius 1 is 1.16 bits per heavy atom. The molecule has 0 saturated carbocycles. The third-order valence-electron chi connectivity index (χ3n) is 3.74. The summed E-state index contributed by atoms with van der Waals surface area (Å²) in [5, 5.41) is 0.572. The van der Waals surface area contributed by atoms with Crippen LogP contribution in [-0.4, -0.2) is 31.1 Å². The second-order valence-corrected chi connectivity index (χ2v) is 5.85. The van der Waals surface area contributed by atoms with Crippen molar-refractivity contribution in [2.24, 2.45) is 0 Å². The molecule has 0 aliphatic carbocycles. The van der Waals surface area contributed by atoms with Gasteiger partial charge >= 0.3 is 0 Å². The molecule has 0 fully saturated rings. The van der Waals surface area contributed by atoms with E-state index in [4.69, 9.17) is 25.2 Å². The van der Waals surface area contributed by atoms with Crippen molar-refractivity contribution in [1.29, 1.82) is 0 Å². The molecule has 0 aliphatic heterocycles. The van der Waals surface area contributed by atoms with E-state index >= 15 is 0 Å². The van der Waals surface area contributed by atoms with E-state index in [2.05, 4.69) is 0 Å². The Morgan fingerprint density at radius 2 is 2.00 bits per heavy atom. The van der Waals surface area contributed by atoms with Crippen LogP contribution in [0.5, 0.6) is 0 Å². The van der Waals surface area contributed by atoms with Crippen LogP contribution in [0, 0.1) is 0 Å². The lowest BCUT2D eigenvalue weighted by Crippen LogP contribution is -2.33. The molecular weight excluding hydrogens is 342 g/mol. The third-order valence-corrected chi connectivity index (χ3v) is 4.07. The number of nitrogens with zero attached hydrogens (tertiary/aromatic N) is 1. The Kier molecular flexibility index (Phi) is 5.58. The highest BCUT2D eigenvalue weighted by atomic mass is 35.5. The molecule has 3 rings (SSSR count). The predicted molar refractivity (Wildman–Crippen MR) is 94.5 cm³/mol. The van der Waals surface area contributed by atoms with Crippen LogP contribution in [0.2, 0.25) is 5.02 Å². The highest BCUT2D eigenvalue weighted by Crippen LogP contribution is 2.29. The quantitative estimate of drug-likeness (QED) is 0.624. The summed E-state index contributed by atoms with van der Waals surface area (Å²) >= 11 is 6.19. The molecule has 0 N–H and O–H groups in total. The van der Waals surface area contributed by atoms with Crippen molar-refractivity contribution in [3.63, 3.8) is 0 Å². The van der Waals surface area contributed by atoms with Gasteiger partial charge in [0.15, 0.2) is 5.76 Å². The zero-order chi connectivity index (χ0) is 17.6. The summed E-state index contributed by atoms with van der Waals surface area (Å²) in [6.07, 6.45) is 1.58. The number of carbonyl (C=O) groups excluding carboxylic acids is 1. The van der Waals surface area contributed by atoms with Crippen LogP contribution in [-0.2, 0) is 11.3 Å². The molecule has 6 heteroatoms. The Hall–Kier alpha value is -2.50. The van der Waals surface area contributed by atoms with Gasteiger partial charge < -0.3 is 18.5 Å². The maximum absolute atomic E-state index is 12.8. The van der Waals surface area contributed by atoms with Gasteiger partial charge in [0.2, 0.25) is 0 Å². The van der Waals surface area contributed by atoms with Gasteiger partial charge in [0.05, 0.1) is 24.4 Å². The Balaban J connectivity index is 1.81. The molecule has 0 radical (unpaired) electrons. The standard InChI is InChI=1S/C19H18ClNO4/c1-23-12-10-21(13-14-5-4-11-24-14)19(22)18-9-8-17(25-18)15-6-2-3-7-16(15)20/h2-9,11H,10,12-13H2,1H3. The number of furan rings is 2.